The lowest BCUT2D eigenvalue weighted by Gasteiger charge is -2.14. The van der Waals surface area contributed by atoms with Crippen LogP contribution in [0.4, 0.5) is 11.6 Å². The number of imidazole rings is 1. The van der Waals surface area contributed by atoms with Gasteiger partial charge in [-0.05, 0) is 19.1 Å². The zero-order chi connectivity index (χ0) is 14.5. The number of rotatable bonds is 6. The number of aromatic nitrogens is 2. The minimum atomic E-state index is 0.662. The summed E-state index contributed by atoms with van der Waals surface area (Å²) in [5.41, 5.74) is 2.13. The normalized spacial score (nSPS) is 10.4. The summed E-state index contributed by atoms with van der Waals surface area (Å²) in [5.74, 6) is 1.82. The van der Waals surface area contributed by atoms with Crippen LogP contribution in [0.25, 0.3) is 0 Å². The first-order valence-corrected chi connectivity index (χ1v) is 6.77. The van der Waals surface area contributed by atoms with E-state index in [1.165, 1.54) is 0 Å². The van der Waals surface area contributed by atoms with Gasteiger partial charge in [0.2, 0.25) is 5.95 Å². The first-order valence-electron chi connectivity index (χ1n) is 6.77. The lowest BCUT2D eigenvalue weighted by molar-refractivity contribution is 0.341. The quantitative estimate of drug-likeness (QED) is 0.879. The number of benzene rings is 1. The van der Waals surface area contributed by atoms with E-state index in [-0.39, 0.29) is 0 Å². The fourth-order valence-corrected chi connectivity index (χ4v) is 2.09. The first-order chi connectivity index (χ1) is 9.63. The van der Waals surface area contributed by atoms with Gasteiger partial charge in [0.25, 0.3) is 0 Å². The van der Waals surface area contributed by atoms with E-state index in [2.05, 4.69) is 14.9 Å². The molecule has 0 saturated heterocycles. The Kier molecular flexibility index (Phi) is 4.50. The Morgan fingerprint density at radius 2 is 2.05 bits per heavy atom. The van der Waals surface area contributed by atoms with Gasteiger partial charge in [-0.2, -0.15) is 0 Å². The smallest absolute Gasteiger partial charge is 0.204 e. The van der Waals surface area contributed by atoms with Gasteiger partial charge in [0.1, 0.15) is 5.75 Å². The topological polar surface area (TPSA) is 42.3 Å². The van der Waals surface area contributed by atoms with Crippen molar-refractivity contribution < 1.29 is 4.74 Å². The zero-order valence-corrected chi connectivity index (χ0v) is 12.6. The maximum atomic E-state index is 5.61. The van der Waals surface area contributed by atoms with Crippen LogP contribution in [-0.4, -0.2) is 30.3 Å². The highest BCUT2D eigenvalue weighted by Crippen LogP contribution is 2.24. The Labute approximate surface area is 120 Å². The molecule has 2 aromatic rings. The molecule has 108 valence electrons. The Hall–Kier alpha value is -2.17. The summed E-state index contributed by atoms with van der Waals surface area (Å²) in [6, 6.07) is 7.97. The fourth-order valence-electron chi connectivity index (χ4n) is 2.09. The van der Waals surface area contributed by atoms with Crippen molar-refractivity contribution in [3.63, 3.8) is 0 Å². The molecule has 0 atom stereocenters. The van der Waals surface area contributed by atoms with Crippen LogP contribution < -0.4 is 15.0 Å². The number of ether oxygens (including phenoxy) is 1. The third kappa shape index (κ3) is 3.04. The molecule has 0 fully saturated rings. The van der Waals surface area contributed by atoms with E-state index in [4.69, 9.17) is 4.74 Å². The molecule has 20 heavy (non-hydrogen) atoms. The van der Waals surface area contributed by atoms with Crippen LogP contribution in [0.5, 0.6) is 5.75 Å². The molecule has 0 unspecified atom stereocenters. The molecule has 2 rings (SSSR count). The molecule has 5 nitrogen and oxygen atoms in total. The van der Waals surface area contributed by atoms with Crippen LogP contribution in [0.1, 0.15) is 12.6 Å². The van der Waals surface area contributed by atoms with E-state index >= 15 is 0 Å². The minimum absolute atomic E-state index is 0.662. The number of hydrogen-bond acceptors (Lipinski definition) is 4. The van der Waals surface area contributed by atoms with Gasteiger partial charge in [-0.3, -0.25) is 0 Å². The summed E-state index contributed by atoms with van der Waals surface area (Å²) in [5, 5.41) is 3.40. The number of anilines is 2. The lowest BCUT2D eigenvalue weighted by Crippen LogP contribution is -2.15. The Bertz CT molecular complexity index is 563. The molecular weight excluding hydrogens is 252 g/mol. The standard InChI is InChI=1S/C15H22N4O/c1-5-20-14-9-7-6-8-13(14)16-10-12-11-17-15(18(2)3)19(12)4/h6-9,11,16H,5,10H2,1-4H3. The predicted molar refractivity (Wildman–Crippen MR) is 82.5 cm³/mol. The van der Waals surface area contributed by atoms with E-state index in [1.807, 2.05) is 63.4 Å². The summed E-state index contributed by atoms with van der Waals surface area (Å²) in [4.78, 5) is 6.40. The van der Waals surface area contributed by atoms with Crippen LogP contribution >= 0.6 is 0 Å². The number of nitrogens with zero attached hydrogens (tertiary/aromatic N) is 3. The Morgan fingerprint density at radius 3 is 2.70 bits per heavy atom. The molecule has 1 aromatic carbocycles. The van der Waals surface area contributed by atoms with E-state index in [9.17, 15) is 0 Å². The van der Waals surface area contributed by atoms with E-state index in [1.54, 1.807) is 0 Å². The summed E-state index contributed by atoms with van der Waals surface area (Å²) in [7, 11) is 6.00. The average Bonchev–Trinajstić information content (AvgIpc) is 2.79. The van der Waals surface area contributed by atoms with Crippen LogP contribution in [0.15, 0.2) is 30.5 Å². The zero-order valence-electron chi connectivity index (χ0n) is 12.6. The molecule has 1 N–H and O–H groups in total. The largest absolute Gasteiger partial charge is 0.492 e. The van der Waals surface area contributed by atoms with Crippen LogP contribution in [-0.2, 0) is 13.6 Å². The predicted octanol–water partition coefficient (Wildman–Crippen LogP) is 2.50. The molecule has 5 heteroatoms. The van der Waals surface area contributed by atoms with Crippen molar-refractivity contribution in [3.05, 3.63) is 36.2 Å². The van der Waals surface area contributed by atoms with Gasteiger partial charge in [-0.1, -0.05) is 12.1 Å². The molecular formula is C15H22N4O. The molecule has 1 heterocycles. The van der Waals surface area contributed by atoms with Crippen molar-refractivity contribution in [2.75, 3.05) is 30.9 Å². The van der Waals surface area contributed by atoms with E-state index in [0.29, 0.717) is 13.2 Å². The second kappa shape index (κ2) is 6.32. The average molecular weight is 274 g/mol. The Balaban J connectivity index is 2.09. The van der Waals surface area contributed by atoms with Crippen molar-refractivity contribution in [2.24, 2.45) is 7.05 Å². The summed E-state index contributed by atoms with van der Waals surface area (Å²) in [6.07, 6.45) is 1.89. The molecule has 0 spiro atoms. The van der Waals surface area contributed by atoms with Crippen molar-refractivity contribution in [1.29, 1.82) is 0 Å². The van der Waals surface area contributed by atoms with Gasteiger partial charge < -0.3 is 19.5 Å². The molecule has 1 aromatic heterocycles. The van der Waals surface area contributed by atoms with Crippen LogP contribution in [0, 0.1) is 0 Å². The molecule has 0 bridgehead atoms. The van der Waals surface area contributed by atoms with E-state index < -0.39 is 0 Å². The highest BCUT2D eigenvalue weighted by atomic mass is 16.5. The lowest BCUT2D eigenvalue weighted by atomic mass is 10.3. The van der Waals surface area contributed by atoms with Crippen molar-refractivity contribution in [2.45, 2.75) is 13.5 Å². The van der Waals surface area contributed by atoms with Gasteiger partial charge in [0.15, 0.2) is 0 Å². The second-order valence-corrected chi connectivity index (χ2v) is 4.79. The van der Waals surface area contributed by atoms with E-state index in [0.717, 1.165) is 23.1 Å². The molecule has 0 aliphatic rings. The van der Waals surface area contributed by atoms with Gasteiger partial charge >= 0.3 is 0 Å². The summed E-state index contributed by atoms with van der Waals surface area (Å²) < 4.78 is 7.69. The Morgan fingerprint density at radius 1 is 1.30 bits per heavy atom. The fraction of sp³-hybridized carbons (Fsp3) is 0.400. The first kappa shape index (κ1) is 14.2. The highest BCUT2D eigenvalue weighted by molar-refractivity contribution is 5.56. The van der Waals surface area contributed by atoms with Crippen molar-refractivity contribution in [3.8, 4) is 5.75 Å². The SMILES string of the molecule is CCOc1ccccc1NCc1cnc(N(C)C)n1C. The molecule has 0 aliphatic heterocycles. The molecule has 0 radical (unpaired) electrons. The molecule has 0 aliphatic carbocycles. The monoisotopic (exact) mass is 274 g/mol. The summed E-state index contributed by atoms with van der Waals surface area (Å²) >= 11 is 0. The van der Waals surface area contributed by atoms with Gasteiger partial charge in [0.05, 0.1) is 30.7 Å². The second-order valence-electron chi connectivity index (χ2n) is 4.79. The van der Waals surface area contributed by atoms with Crippen LogP contribution in [0.2, 0.25) is 0 Å². The molecule has 0 amide bonds. The van der Waals surface area contributed by atoms with Crippen molar-refractivity contribution in [1.82, 2.24) is 9.55 Å². The maximum Gasteiger partial charge on any atom is 0.204 e. The van der Waals surface area contributed by atoms with Crippen molar-refractivity contribution >= 4 is 11.6 Å². The van der Waals surface area contributed by atoms with Crippen LogP contribution in [0.3, 0.4) is 0 Å². The number of nitrogens with one attached hydrogen (secondary N) is 1. The third-order valence-corrected chi connectivity index (χ3v) is 3.11. The van der Waals surface area contributed by atoms with Gasteiger partial charge in [-0.25, -0.2) is 4.98 Å². The van der Waals surface area contributed by atoms with Gasteiger partial charge in [-0.15, -0.1) is 0 Å². The van der Waals surface area contributed by atoms with Gasteiger partial charge in [0, 0.05) is 21.1 Å². The third-order valence-electron chi connectivity index (χ3n) is 3.11. The number of para-hydroxylation sites is 2. The number of hydrogen-bond donors (Lipinski definition) is 1. The minimum Gasteiger partial charge on any atom is -0.492 e. The maximum absolute atomic E-state index is 5.61. The summed E-state index contributed by atoms with van der Waals surface area (Å²) in [6.45, 7) is 3.36. The highest BCUT2D eigenvalue weighted by Gasteiger charge is 2.08. The molecule has 0 saturated carbocycles.